The maximum atomic E-state index is 4.40. The highest BCUT2D eigenvalue weighted by atomic mass is 15.1. The van der Waals surface area contributed by atoms with Crippen LogP contribution < -0.4 is 9.80 Å². The van der Waals surface area contributed by atoms with E-state index in [0.717, 1.165) is 35.6 Å². The van der Waals surface area contributed by atoms with E-state index in [0.29, 0.717) is 0 Å². The van der Waals surface area contributed by atoms with E-state index in [2.05, 4.69) is 87.2 Å². The number of allylic oxidation sites excluding steroid dienone is 3. The van der Waals surface area contributed by atoms with E-state index < -0.39 is 0 Å². The molecule has 0 amide bonds. The van der Waals surface area contributed by atoms with E-state index in [4.69, 9.17) is 0 Å². The SMILES string of the molecule is C=NC(=C\C(\C=C\c1ccc(N2CCCC2)cc1)=N/C)/C=C/c1ccc(N2CCCC2)cc1. The van der Waals surface area contributed by atoms with Crippen LogP contribution in [0, 0.1) is 0 Å². The number of hydrogen-bond donors (Lipinski definition) is 0. The fourth-order valence-electron chi connectivity index (χ4n) is 4.39. The van der Waals surface area contributed by atoms with Crippen molar-refractivity contribution >= 4 is 36.0 Å². The van der Waals surface area contributed by atoms with E-state index in [9.17, 15) is 0 Å². The van der Waals surface area contributed by atoms with Gasteiger partial charge in [0.2, 0.25) is 0 Å². The fourth-order valence-corrected chi connectivity index (χ4v) is 4.39. The Morgan fingerprint density at radius 3 is 1.61 bits per heavy atom. The van der Waals surface area contributed by atoms with Crippen LogP contribution in [0.4, 0.5) is 11.4 Å². The maximum Gasteiger partial charge on any atom is 0.0643 e. The number of benzene rings is 2. The largest absolute Gasteiger partial charge is 0.372 e. The van der Waals surface area contributed by atoms with E-state index in [1.165, 1.54) is 50.1 Å². The van der Waals surface area contributed by atoms with E-state index in [-0.39, 0.29) is 0 Å². The Morgan fingerprint density at radius 2 is 1.18 bits per heavy atom. The van der Waals surface area contributed by atoms with Gasteiger partial charge in [0.15, 0.2) is 0 Å². The van der Waals surface area contributed by atoms with E-state index in [1.54, 1.807) is 7.05 Å². The molecule has 2 aliphatic rings. The molecule has 2 saturated heterocycles. The van der Waals surface area contributed by atoms with Crippen LogP contribution in [0.1, 0.15) is 36.8 Å². The molecule has 0 atom stereocenters. The molecule has 0 saturated carbocycles. The Bertz CT molecular complexity index is 1030. The summed E-state index contributed by atoms with van der Waals surface area (Å²) in [6, 6.07) is 17.5. The Kier molecular flexibility index (Phi) is 7.91. The van der Waals surface area contributed by atoms with E-state index in [1.807, 2.05) is 18.2 Å². The average Bonchev–Trinajstić information content (AvgIpc) is 3.59. The van der Waals surface area contributed by atoms with Crippen molar-refractivity contribution in [1.29, 1.82) is 0 Å². The van der Waals surface area contributed by atoms with Crippen molar-refractivity contribution in [3.8, 4) is 0 Å². The van der Waals surface area contributed by atoms with Gasteiger partial charge in [0.25, 0.3) is 0 Å². The monoisotopic (exact) mass is 438 g/mol. The average molecular weight is 439 g/mol. The fraction of sp³-hybridized carbons (Fsp3) is 0.310. The van der Waals surface area contributed by atoms with Gasteiger partial charge in [0.05, 0.1) is 11.4 Å². The van der Waals surface area contributed by atoms with Crippen LogP contribution in [0.15, 0.2) is 82.4 Å². The van der Waals surface area contributed by atoms with Crippen molar-refractivity contribution in [3.05, 3.63) is 83.6 Å². The van der Waals surface area contributed by atoms with Crippen molar-refractivity contribution in [2.24, 2.45) is 9.98 Å². The summed E-state index contributed by atoms with van der Waals surface area (Å²) in [4.78, 5) is 13.5. The number of nitrogens with zero attached hydrogens (tertiary/aromatic N) is 4. The van der Waals surface area contributed by atoms with Gasteiger partial charge >= 0.3 is 0 Å². The normalized spacial score (nSPS) is 17.6. The Morgan fingerprint density at radius 1 is 0.727 bits per heavy atom. The zero-order valence-electron chi connectivity index (χ0n) is 19.7. The summed E-state index contributed by atoms with van der Waals surface area (Å²) in [7, 11) is 1.80. The number of rotatable bonds is 8. The minimum Gasteiger partial charge on any atom is -0.372 e. The quantitative estimate of drug-likeness (QED) is 0.359. The molecule has 2 heterocycles. The molecule has 4 rings (SSSR count). The molecule has 0 radical (unpaired) electrons. The van der Waals surface area contributed by atoms with Gasteiger partial charge in [-0.3, -0.25) is 9.98 Å². The second-order valence-electron chi connectivity index (χ2n) is 8.61. The van der Waals surface area contributed by atoms with Crippen molar-refractivity contribution < 1.29 is 0 Å². The summed E-state index contributed by atoms with van der Waals surface area (Å²) >= 11 is 0. The van der Waals surface area contributed by atoms with Crippen LogP contribution in [0.5, 0.6) is 0 Å². The molecule has 170 valence electrons. The zero-order valence-corrected chi connectivity index (χ0v) is 19.7. The highest BCUT2D eigenvalue weighted by Gasteiger charge is 2.12. The van der Waals surface area contributed by atoms with Gasteiger partial charge < -0.3 is 9.80 Å². The molecule has 0 N–H and O–H groups in total. The first-order valence-electron chi connectivity index (χ1n) is 12.0. The molecule has 0 bridgehead atoms. The lowest BCUT2D eigenvalue weighted by Gasteiger charge is -2.17. The first kappa shape index (κ1) is 22.8. The minimum atomic E-state index is 0.785. The smallest absolute Gasteiger partial charge is 0.0643 e. The molecule has 2 aromatic carbocycles. The van der Waals surface area contributed by atoms with Gasteiger partial charge in [-0.25, -0.2) is 0 Å². The van der Waals surface area contributed by atoms with Crippen molar-refractivity contribution in [3.63, 3.8) is 0 Å². The third-order valence-corrected chi connectivity index (χ3v) is 6.36. The first-order valence-corrected chi connectivity index (χ1v) is 12.0. The van der Waals surface area contributed by atoms with Crippen molar-refractivity contribution in [1.82, 2.24) is 0 Å². The van der Waals surface area contributed by atoms with Crippen LogP contribution in [0.2, 0.25) is 0 Å². The van der Waals surface area contributed by atoms with Gasteiger partial charge in [0, 0.05) is 44.6 Å². The Hall–Kier alpha value is -3.40. The molecule has 2 aromatic rings. The standard InChI is InChI=1S/C29H34N4/c1-30-26(13-7-24-9-15-28(16-10-24)32-19-3-4-20-32)23-27(31-2)14-8-25-11-17-29(18-12-25)33-21-5-6-22-33/h7-18,23H,1,3-6,19-22H2,2H3/b13-7+,14-8+,26-23-,31-27-. The molecule has 4 heteroatoms. The summed E-state index contributed by atoms with van der Waals surface area (Å²) in [5.41, 5.74) is 6.57. The molecule has 2 fully saturated rings. The molecule has 0 aliphatic carbocycles. The number of aliphatic imine (C=N–C) groups is 2. The van der Waals surface area contributed by atoms with Crippen molar-refractivity contribution in [2.75, 3.05) is 43.0 Å². The second-order valence-corrected chi connectivity index (χ2v) is 8.61. The van der Waals surface area contributed by atoms with Gasteiger partial charge in [0.1, 0.15) is 0 Å². The molecular formula is C29H34N4. The molecule has 0 spiro atoms. The van der Waals surface area contributed by atoms with Crippen LogP contribution in [-0.2, 0) is 0 Å². The Balaban J connectivity index is 1.38. The van der Waals surface area contributed by atoms with Gasteiger partial charge in [-0.15, -0.1) is 0 Å². The van der Waals surface area contributed by atoms with E-state index >= 15 is 0 Å². The lowest BCUT2D eigenvalue weighted by atomic mass is 10.1. The third-order valence-electron chi connectivity index (χ3n) is 6.36. The van der Waals surface area contributed by atoms with Gasteiger partial charge in [-0.1, -0.05) is 36.4 Å². The topological polar surface area (TPSA) is 31.2 Å². The number of hydrogen-bond acceptors (Lipinski definition) is 4. The second kappa shape index (κ2) is 11.5. The lowest BCUT2D eigenvalue weighted by Crippen LogP contribution is -2.17. The summed E-state index contributed by atoms with van der Waals surface area (Å²) in [5.74, 6) is 0. The highest BCUT2D eigenvalue weighted by Crippen LogP contribution is 2.22. The molecule has 2 aliphatic heterocycles. The molecule has 0 aromatic heterocycles. The molecule has 4 nitrogen and oxygen atoms in total. The summed E-state index contributed by atoms with van der Waals surface area (Å²) in [6.07, 6.45) is 15.3. The predicted molar refractivity (Wildman–Crippen MR) is 145 cm³/mol. The van der Waals surface area contributed by atoms with Crippen LogP contribution in [0.25, 0.3) is 12.2 Å². The summed E-state index contributed by atoms with van der Waals surface area (Å²) in [6.45, 7) is 8.40. The van der Waals surface area contributed by atoms with Gasteiger partial charge in [-0.05, 0) is 86.0 Å². The number of anilines is 2. The first-order chi connectivity index (χ1) is 16.2. The summed E-state index contributed by atoms with van der Waals surface area (Å²) < 4.78 is 0. The lowest BCUT2D eigenvalue weighted by molar-refractivity contribution is 0.949. The summed E-state index contributed by atoms with van der Waals surface area (Å²) in [5, 5.41) is 0. The van der Waals surface area contributed by atoms with Crippen LogP contribution in [0.3, 0.4) is 0 Å². The molecule has 0 unspecified atom stereocenters. The predicted octanol–water partition coefficient (Wildman–Crippen LogP) is 6.27. The molecule has 33 heavy (non-hydrogen) atoms. The highest BCUT2D eigenvalue weighted by molar-refractivity contribution is 6.07. The van der Waals surface area contributed by atoms with Crippen LogP contribution in [-0.4, -0.2) is 45.7 Å². The third kappa shape index (κ3) is 6.32. The van der Waals surface area contributed by atoms with Crippen molar-refractivity contribution in [2.45, 2.75) is 25.7 Å². The minimum absolute atomic E-state index is 0.785. The Labute approximate surface area is 198 Å². The molecular weight excluding hydrogens is 404 g/mol. The maximum absolute atomic E-state index is 4.40. The van der Waals surface area contributed by atoms with Gasteiger partial charge in [-0.2, -0.15) is 0 Å². The zero-order chi connectivity index (χ0) is 22.9. The van der Waals surface area contributed by atoms with Crippen LogP contribution >= 0.6 is 0 Å².